The predicted molar refractivity (Wildman–Crippen MR) is 51.8 cm³/mol. The summed E-state index contributed by atoms with van der Waals surface area (Å²) in [5.41, 5.74) is 0. The van der Waals surface area contributed by atoms with Crippen molar-refractivity contribution in [1.82, 2.24) is 10.2 Å². The lowest BCUT2D eigenvalue weighted by Crippen LogP contribution is -2.59. The summed E-state index contributed by atoms with van der Waals surface area (Å²) in [7, 11) is 0. The van der Waals surface area contributed by atoms with E-state index in [4.69, 9.17) is 0 Å². The summed E-state index contributed by atoms with van der Waals surface area (Å²) in [6.45, 7) is -0.00643. The number of carbonyl (C=O) groups is 2. The van der Waals surface area contributed by atoms with Gasteiger partial charge < -0.3 is 10.2 Å². The van der Waals surface area contributed by atoms with Gasteiger partial charge in [0.05, 0.1) is 13.2 Å². The first kappa shape index (κ1) is 10.4. The molecule has 2 aliphatic rings. The number of amides is 2. The Hall–Kier alpha value is -1.13. The number of alkyl halides is 1. The van der Waals surface area contributed by atoms with Crippen molar-refractivity contribution >= 4 is 11.8 Å². The van der Waals surface area contributed by atoms with Crippen LogP contribution < -0.4 is 5.32 Å². The molecule has 0 bridgehead atoms. The number of hydrogen-bond acceptors (Lipinski definition) is 2. The van der Waals surface area contributed by atoms with Gasteiger partial charge in [-0.1, -0.05) is 0 Å². The van der Waals surface area contributed by atoms with Crippen molar-refractivity contribution in [3.63, 3.8) is 0 Å². The molecule has 1 aliphatic carbocycles. The highest BCUT2D eigenvalue weighted by molar-refractivity contribution is 5.95. The molecule has 0 radical (unpaired) electrons. The second-order valence-electron chi connectivity index (χ2n) is 4.18. The van der Waals surface area contributed by atoms with Crippen LogP contribution in [0.25, 0.3) is 0 Å². The van der Waals surface area contributed by atoms with Crippen molar-refractivity contribution in [2.24, 2.45) is 5.92 Å². The first-order valence-corrected chi connectivity index (χ1v) is 5.36. The van der Waals surface area contributed by atoms with Gasteiger partial charge in [0, 0.05) is 6.54 Å². The lowest BCUT2D eigenvalue weighted by Gasteiger charge is -2.32. The molecule has 2 fully saturated rings. The topological polar surface area (TPSA) is 49.4 Å². The smallest absolute Gasteiger partial charge is 0.245 e. The zero-order valence-corrected chi connectivity index (χ0v) is 8.54. The fourth-order valence-electron chi connectivity index (χ4n) is 1.92. The Bertz CT molecular complexity index is 279. The van der Waals surface area contributed by atoms with E-state index >= 15 is 0 Å². The van der Waals surface area contributed by atoms with Crippen molar-refractivity contribution in [2.45, 2.75) is 25.3 Å². The van der Waals surface area contributed by atoms with Crippen molar-refractivity contribution in [1.29, 1.82) is 0 Å². The molecule has 1 aliphatic heterocycles. The molecule has 84 valence electrons. The molecule has 0 aromatic rings. The third-order valence-corrected chi connectivity index (χ3v) is 2.88. The van der Waals surface area contributed by atoms with E-state index in [9.17, 15) is 14.0 Å². The maximum Gasteiger partial charge on any atom is 0.245 e. The van der Waals surface area contributed by atoms with Crippen LogP contribution >= 0.6 is 0 Å². The monoisotopic (exact) mass is 214 g/mol. The Morgan fingerprint density at radius 1 is 1.40 bits per heavy atom. The Labute approximate surface area is 87.8 Å². The summed E-state index contributed by atoms with van der Waals surface area (Å²) in [6, 6.07) is -0.342. The quantitative estimate of drug-likeness (QED) is 0.720. The first-order chi connectivity index (χ1) is 7.22. The van der Waals surface area contributed by atoms with Gasteiger partial charge in [0.15, 0.2) is 0 Å². The van der Waals surface area contributed by atoms with E-state index < -0.39 is 6.67 Å². The van der Waals surface area contributed by atoms with Crippen LogP contribution in [0.2, 0.25) is 0 Å². The number of nitrogens with zero attached hydrogens (tertiary/aromatic N) is 1. The van der Waals surface area contributed by atoms with Crippen LogP contribution in [0.5, 0.6) is 0 Å². The number of hydrogen-bond donors (Lipinski definition) is 1. The summed E-state index contributed by atoms with van der Waals surface area (Å²) in [6.07, 6.45) is 2.33. The highest BCUT2D eigenvalue weighted by Crippen LogP contribution is 2.34. The van der Waals surface area contributed by atoms with Gasteiger partial charge in [-0.15, -0.1) is 0 Å². The molecule has 1 atom stereocenters. The minimum atomic E-state index is -0.445. The Balaban J connectivity index is 1.97. The van der Waals surface area contributed by atoms with Gasteiger partial charge in [-0.05, 0) is 25.2 Å². The van der Waals surface area contributed by atoms with E-state index in [1.807, 2.05) is 0 Å². The molecule has 1 saturated carbocycles. The Morgan fingerprint density at radius 2 is 2.13 bits per heavy atom. The van der Waals surface area contributed by atoms with Crippen LogP contribution in [0.4, 0.5) is 4.39 Å². The molecule has 0 spiro atoms. The van der Waals surface area contributed by atoms with Gasteiger partial charge >= 0.3 is 0 Å². The fraction of sp³-hybridized carbons (Fsp3) is 0.800. The van der Waals surface area contributed by atoms with Crippen molar-refractivity contribution in [3.05, 3.63) is 0 Å². The Kier molecular flexibility index (Phi) is 2.88. The maximum atomic E-state index is 12.0. The molecule has 5 heteroatoms. The average molecular weight is 214 g/mol. The summed E-state index contributed by atoms with van der Waals surface area (Å²) in [4.78, 5) is 24.6. The van der Waals surface area contributed by atoms with Crippen LogP contribution in [0.3, 0.4) is 0 Å². The van der Waals surface area contributed by atoms with Gasteiger partial charge in [-0.2, -0.15) is 0 Å². The van der Waals surface area contributed by atoms with Gasteiger partial charge in [0.2, 0.25) is 11.8 Å². The summed E-state index contributed by atoms with van der Waals surface area (Å²) >= 11 is 0. The minimum Gasteiger partial charge on any atom is -0.342 e. The zero-order chi connectivity index (χ0) is 10.8. The van der Waals surface area contributed by atoms with E-state index in [2.05, 4.69) is 5.32 Å². The van der Waals surface area contributed by atoms with Gasteiger partial charge in [0.25, 0.3) is 0 Å². The molecule has 1 N–H and O–H groups in total. The lowest BCUT2D eigenvalue weighted by molar-refractivity contribution is -0.144. The SMILES string of the molecule is O=C1CN(CCCF)C(=O)C(C2CC2)N1. The van der Waals surface area contributed by atoms with Crippen molar-refractivity contribution in [2.75, 3.05) is 19.8 Å². The highest BCUT2D eigenvalue weighted by Gasteiger charge is 2.42. The van der Waals surface area contributed by atoms with E-state index in [-0.39, 0.29) is 24.4 Å². The molecule has 1 heterocycles. The molecule has 15 heavy (non-hydrogen) atoms. The third-order valence-electron chi connectivity index (χ3n) is 2.88. The van der Waals surface area contributed by atoms with Crippen LogP contribution in [0.15, 0.2) is 0 Å². The molecule has 0 aromatic carbocycles. The summed E-state index contributed by atoms with van der Waals surface area (Å²) in [5.74, 6) is 0.158. The average Bonchev–Trinajstić information content (AvgIpc) is 3.02. The standard InChI is InChI=1S/C10H15FN2O2/c11-4-1-5-13-6-8(14)12-9(10(13)15)7-2-3-7/h7,9H,1-6H2,(H,12,14). The third kappa shape index (κ3) is 2.27. The Morgan fingerprint density at radius 3 is 2.73 bits per heavy atom. The van der Waals surface area contributed by atoms with E-state index in [1.54, 1.807) is 0 Å². The number of nitrogens with one attached hydrogen (secondary N) is 1. The van der Waals surface area contributed by atoms with Crippen molar-refractivity contribution in [3.8, 4) is 0 Å². The number of rotatable bonds is 4. The second kappa shape index (κ2) is 4.16. The van der Waals surface area contributed by atoms with Crippen molar-refractivity contribution < 1.29 is 14.0 Å². The number of piperazine rings is 1. The minimum absolute atomic E-state index is 0.0365. The molecule has 0 aromatic heterocycles. The van der Waals surface area contributed by atoms with Gasteiger partial charge in [0.1, 0.15) is 6.04 Å². The largest absolute Gasteiger partial charge is 0.342 e. The molecular formula is C10H15FN2O2. The molecule has 1 unspecified atom stereocenters. The molecule has 2 rings (SSSR count). The fourth-order valence-corrected chi connectivity index (χ4v) is 1.92. The van der Waals surface area contributed by atoms with Crippen LogP contribution in [0.1, 0.15) is 19.3 Å². The van der Waals surface area contributed by atoms with Crippen LogP contribution in [-0.2, 0) is 9.59 Å². The van der Waals surface area contributed by atoms with E-state index in [0.717, 1.165) is 12.8 Å². The maximum absolute atomic E-state index is 12.0. The number of carbonyl (C=O) groups excluding carboxylic acids is 2. The number of halogens is 1. The lowest BCUT2D eigenvalue weighted by atomic mass is 10.1. The normalized spacial score (nSPS) is 26.7. The highest BCUT2D eigenvalue weighted by atomic mass is 19.1. The molecular weight excluding hydrogens is 199 g/mol. The second-order valence-corrected chi connectivity index (χ2v) is 4.18. The first-order valence-electron chi connectivity index (χ1n) is 5.36. The summed E-state index contributed by atoms with van der Waals surface area (Å²) < 4.78 is 12.0. The predicted octanol–water partition coefficient (Wildman–Crippen LogP) is 0.0830. The van der Waals surface area contributed by atoms with Crippen LogP contribution in [0, 0.1) is 5.92 Å². The zero-order valence-electron chi connectivity index (χ0n) is 8.54. The van der Waals surface area contributed by atoms with Gasteiger partial charge in [-0.3, -0.25) is 14.0 Å². The van der Waals surface area contributed by atoms with Gasteiger partial charge in [-0.25, -0.2) is 0 Å². The summed E-state index contributed by atoms with van der Waals surface area (Å²) in [5, 5.41) is 2.71. The molecule has 2 amide bonds. The molecule has 1 saturated heterocycles. The van der Waals surface area contributed by atoms with Crippen LogP contribution in [-0.4, -0.2) is 42.5 Å². The van der Waals surface area contributed by atoms with E-state index in [1.165, 1.54) is 4.90 Å². The van der Waals surface area contributed by atoms with E-state index in [0.29, 0.717) is 18.9 Å². The molecule has 4 nitrogen and oxygen atoms in total.